The van der Waals surface area contributed by atoms with Crippen molar-refractivity contribution in [3.8, 4) is 17.6 Å². The molecule has 0 saturated carbocycles. The molecule has 3 aromatic rings. The van der Waals surface area contributed by atoms with Crippen LogP contribution in [-0.2, 0) is 20.9 Å². The Hall–Kier alpha value is -4.73. The Labute approximate surface area is 262 Å². The Morgan fingerprint density at radius 2 is 1.88 bits per heavy atom. The van der Waals surface area contributed by atoms with Gasteiger partial charge in [-0.15, -0.1) is 0 Å². The lowest BCUT2D eigenvalue weighted by atomic mass is 9.95. The van der Waals surface area contributed by atoms with Crippen LogP contribution in [0.15, 0.2) is 87.6 Å². The number of thiocarbonyl (C=S) groups is 1. The number of hydrazone groups is 1. The minimum absolute atomic E-state index is 0.223. The SMILES string of the molecule is CCOC(=O)C1=C(C)NC(=S)N[C@@H]1c1ccccc1OCC(=O)NN=Cc1ccc(OCc2ccc(C#N)cc2)c(Br)c1. The first kappa shape index (κ1) is 31.2. The predicted octanol–water partition coefficient (Wildman–Crippen LogP) is 4.78. The second kappa shape index (κ2) is 14.9. The Morgan fingerprint density at radius 1 is 1.12 bits per heavy atom. The molecule has 1 aliphatic rings. The van der Waals surface area contributed by atoms with Crippen molar-refractivity contribution in [3.63, 3.8) is 0 Å². The van der Waals surface area contributed by atoms with E-state index < -0.39 is 17.9 Å². The summed E-state index contributed by atoms with van der Waals surface area (Å²) in [5, 5.41) is 19.4. The van der Waals surface area contributed by atoms with Crippen LogP contribution < -0.4 is 25.5 Å². The fourth-order valence-electron chi connectivity index (χ4n) is 4.16. The van der Waals surface area contributed by atoms with Crippen molar-refractivity contribution in [3.05, 3.63) is 105 Å². The summed E-state index contributed by atoms with van der Waals surface area (Å²) in [4.78, 5) is 25.2. The van der Waals surface area contributed by atoms with Gasteiger partial charge in [0, 0.05) is 11.3 Å². The number of allylic oxidation sites excluding steroid dienone is 1. The van der Waals surface area contributed by atoms with E-state index in [1.807, 2.05) is 18.2 Å². The van der Waals surface area contributed by atoms with E-state index in [0.29, 0.717) is 50.1 Å². The molecule has 43 heavy (non-hydrogen) atoms. The molecule has 0 saturated heterocycles. The van der Waals surface area contributed by atoms with Crippen LogP contribution in [0.4, 0.5) is 0 Å². The van der Waals surface area contributed by atoms with Gasteiger partial charge in [-0.2, -0.15) is 10.4 Å². The number of para-hydroxylation sites is 1. The number of nitriles is 1. The van der Waals surface area contributed by atoms with Crippen molar-refractivity contribution < 1.29 is 23.8 Å². The minimum Gasteiger partial charge on any atom is -0.488 e. The van der Waals surface area contributed by atoms with Crippen molar-refractivity contribution in [2.45, 2.75) is 26.5 Å². The average molecular weight is 663 g/mol. The minimum atomic E-state index is -0.625. The highest BCUT2D eigenvalue weighted by molar-refractivity contribution is 9.10. The van der Waals surface area contributed by atoms with Crippen LogP contribution in [0.5, 0.6) is 11.5 Å². The average Bonchev–Trinajstić information content (AvgIpc) is 2.99. The van der Waals surface area contributed by atoms with E-state index in [4.69, 9.17) is 31.7 Å². The number of hydrogen-bond donors (Lipinski definition) is 3. The Kier molecular flexibility index (Phi) is 10.9. The number of nitrogens with zero attached hydrogens (tertiary/aromatic N) is 2. The lowest BCUT2D eigenvalue weighted by Crippen LogP contribution is -2.45. The van der Waals surface area contributed by atoms with Crippen LogP contribution in [0.25, 0.3) is 0 Å². The van der Waals surface area contributed by atoms with Crippen molar-refractivity contribution in [1.29, 1.82) is 5.26 Å². The molecule has 0 bridgehead atoms. The van der Waals surface area contributed by atoms with Crippen molar-refractivity contribution in [2.75, 3.05) is 13.2 Å². The lowest BCUT2D eigenvalue weighted by molar-refractivity contribution is -0.139. The highest BCUT2D eigenvalue weighted by atomic mass is 79.9. The smallest absolute Gasteiger partial charge is 0.338 e. The van der Waals surface area contributed by atoms with Gasteiger partial charge in [0.2, 0.25) is 0 Å². The number of rotatable bonds is 11. The van der Waals surface area contributed by atoms with E-state index in [9.17, 15) is 9.59 Å². The maximum absolute atomic E-state index is 12.7. The van der Waals surface area contributed by atoms with Gasteiger partial charge in [0.25, 0.3) is 5.91 Å². The number of nitrogens with one attached hydrogen (secondary N) is 3. The Balaban J connectivity index is 1.34. The molecule has 3 aromatic carbocycles. The Morgan fingerprint density at radius 3 is 2.60 bits per heavy atom. The largest absolute Gasteiger partial charge is 0.488 e. The third-order valence-corrected chi connectivity index (χ3v) is 7.03. The number of esters is 1. The molecule has 0 unspecified atom stereocenters. The van der Waals surface area contributed by atoms with Gasteiger partial charge < -0.3 is 24.8 Å². The molecular formula is C31H28BrN5O5S. The van der Waals surface area contributed by atoms with Crippen LogP contribution in [-0.4, -0.2) is 36.4 Å². The quantitative estimate of drug-likeness (QED) is 0.115. The molecule has 3 N–H and O–H groups in total. The molecule has 0 aromatic heterocycles. The van der Waals surface area contributed by atoms with Crippen LogP contribution in [0.3, 0.4) is 0 Å². The topological polar surface area (TPSA) is 134 Å². The van der Waals surface area contributed by atoms with Crippen molar-refractivity contribution in [2.24, 2.45) is 5.10 Å². The first-order chi connectivity index (χ1) is 20.8. The van der Waals surface area contributed by atoms with Crippen molar-refractivity contribution >= 4 is 51.4 Å². The number of halogens is 1. The van der Waals surface area contributed by atoms with E-state index in [1.165, 1.54) is 6.21 Å². The maximum atomic E-state index is 12.7. The first-order valence-corrected chi connectivity index (χ1v) is 14.4. The summed E-state index contributed by atoms with van der Waals surface area (Å²) >= 11 is 8.81. The van der Waals surface area contributed by atoms with Crippen LogP contribution >= 0.6 is 28.1 Å². The zero-order valence-corrected chi connectivity index (χ0v) is 25.8. The maximum Gasteiger partial charge on any atom is 0.338 e. The Bertz CT molecular complexity index is 1620. The van der Waals surface area contributed by atoms with Crippen LogP contribution in [0.1, 0.15) is 42.1 Å². The van der Waals surface area contributed by atoms with Gasteiger partial charge in [-0.25, -0.2) is 10.2 Å². The summed E-state index contributed by atoms with van der Waals surface area (Å²) < 4.78 is 17.6. The number of hydrogen-bond acceptors (Lipinski definition) is 8. The number of carbonyl (C=O) groups excluding carboxylic acids is 2. The molecular weight excluding hydrogens is 634 g/mol. The van der Waals surface area contributed by atoms with E-state index in [2.05, 4.69) is 43.2 Å². The highest BCUT2D eigenvalue weighted by Gasteiger charge is 2.32. The first-order valence-electron chi connectivity index (χ1n) is 13.2. The van der Waals surface area contributed by atoms with Gasteiger partial charge >= 0.3 is 5.97 Å². The van der Waals surface area contributed by atoms with Gasteiger partial charge in [-0.05, 0) is 89.5 Å². The molecule has 0 aliphatic carbocycles. The third-order valence-electron chi connectivity index (χ3n) is 6.19. The fourth-order valence-corrected chi connectivity index (χ4v) is 4.94. The molecule has 1 heterocycles. The summed E-state index contributed by atoms with van der Waals surface area (Å²) in [7, 11) is 0. The van der Waals surface area contributed by atoms with Gasteiger partial charge in [-0.3, -0.25) is 4.79 Å². The van der Waals surface area contributed by atoms with Gasteiger partial charge in [-0.1, -0.05) is 30.3 Å². The number of benzene rings is 3. The molecule has 220 valence electrons. The van der Waals surface area contributed by atoms with Gasteiger partial charge in [0.05, 0.1) is 40.5 Å². The summed E-state index contributed by atoms with van der Waals surface area (Å²) in [6.07, 6.45) is 1.50. The van der Waals surface area contributed by atoms with Crippen LogP contribution in [0.2, 0.25) is 0 Å². The summed E-state index contributed by atoms with van der Waals surface area (Å²) in [6, 6.07) is 21.1. The van der Waals surface area contributed by atoms with Crippen LogP contribution in [0, 0.1) is 11.3 Å². The van der Waals surface area contributed by atoms with E-state index in [1.54, 1.807) is 62.4 Å². The third kappa shape index (κ3) is 8.41. The molecule has 12 heteroatoms. The fraction of sp³-hybridized carbons (Fsp3) is 0.194. The van der Waals surface area contributed by atoms with Crippen molar-refractivity contribution in [1.82, 2.24) is 16.1 Å². The molecule has 4 rings (SSSR count). The highest BCUT2D eigenvalue weighted by Crippen LogP contribution is 2.33. The predicted molar refractivity (Wildman–Crippen MR) is 168 cm³/mol. The van der Waals surface area contributed by atoms with E-state index >= 15 is 0 Å². The van der Waals surface area contributed by atoms with E-state index in [0.717, 1.165) is 11.1 Å². The number of carbonyl (C=O) groups is 2. The molecule has 0 spiro atoms. The summed E-state index contributed by atoms with van der Waals surface area (Å²) in [6.45, 7) is 3.74. The second-order valence-electron chi connectivity index (χ2n) is 9.20. The second-order valence-corrected chi connectivity index (χ2v) is 10.5. The molecule has 0 fully saturated rings. The summed E-state index contributed by atoms with van der Waals surface area (Å²) in [5.74, 6) is 0.0854. The van der Waals surface area contributed by atoms with Gasteiger partial charge in [0.1, 0.15) is 18.1 Å². The molecule has 1 aliphatic heterocycles. The number of ether oxygens (including phenoxy) is 3. The molecule has 0 radical (unpaired) electrons. The van der Waals surface area contributed by atoms with E-state index in [-0.39, 0.29) is 13.2 Å². The standard InChI is InChI=1S/C31H28BrN5O5S/c1-3-40-30(39)28-19(2)35-31(43)36-29(28)23-6-4-5-7-25(23)42-18-27(38)37-34-16-22-12-13-26(24(32)14-22)41-17-21-10-8-20(15-33)9-11-21/h4-14,16,29H,3,17-18H2,1-2H3,(H,37,38)(H2,35,36,43)/t29-/m1/s1. The molecule has 1 amide bonds. The normalized spacial score (nSPS) is 14.4. The summed E-state index contributed by atoms with van der Waals surface area (Å²) in [5.41, 5.74) is 6.28. The molecule has 10 nitrogen and oxygen atoms in total. The monoisotopic (exact) mass is 661 g/mol. The molecule has 1 atom stereocenters. The zero-order valence-electron chi connectivity index (χ0n) is 23.3. The zero-order chi connectivity index (χ0) is 30.8. The van der Waals surface area contributed by atoms with Gasteiger partial charge in [0.15, 0.2) is 11.7 Å². The lowest BCUT2D eigenvalue weighted by Gasteiger charge is -2.30. The number of amides is 1.